The number of nitrogens with one attached hydrogen (secondary N) is 1. The number of carbonyl (C=O) groups excluding carboxylic acids is 1. The zero-order chi connectivity index (χ0) is 15.4. The van der Waals surface area contributed by atoms with Crippen molar-refractivity contribution in [3.8, 4) is 0 Å². The molecule has 0 spiro atoms. The van der Waals surface area contributed by atoms with Gasteiger partial charge in [0, 0.05) is 32.2 Å². The molecule has 22 heavy (non-hydrogen) atoms. The van der Waals surface area contributed by atoms with E-state index in [1.54, 1.807) is 0 Å². The van der Waals surface area contributed by atoms with Crippen LogP contribution >= 0.6 is 0 Å². The maximum atomic E-state index is 12.2. The number of ether oxygens (including phenoxy) is 2. The molecule has 2 aliphatic rings. The zero-order valence-corrected chi connectivity index (χ0v) is 13.0. The van der Waals surface area contributed by atoms with Gasteiger partial charge in [-0.15, -0.1) is 0 Å². The van der Waals surface area contributed by atoms with Gasteiger partial charge in [0.05, 0.1) is 12.7 Å². The molecule has 3 atom stereocenters. The Morgan fingerprint density at radius 1 is 1.27 bits per heavy atom. The monoisotopic (exact) mass is 304 g/mol. The van der Waals surface area contributed by atoms with Crippen molar-refractivity contribution in [2.75, 3.05) is 39.9 Å². The molecule has 0 saturated carbocycles. The molecule has 1 N–H and O–H groups in total. The standard InChI is InChI=1S/C17H24N2O3/c1-19-8-10-21-15(12-19)17(20)18-11-14-7-9-22-16(14)13-5-3-2-4-6-13/h2-6,14-16H,7-12H2,1H3,(H,18,20)/t14-,15-,16-/m1/s1. The Bertz CT molecular complexity index is 494. The van der Waals surface area contributed by atoms with E-state index in [2.05, 4.69) is 22.3 Å². The van der Waals surface area contributed by atoms with Crippen molar-refractivity contribution in [1.82, 2.24) is 10.2 Å². The lowest BCUT2D eigenvalue weighted by molar-refractivity contribution is -0.138. The predicted octanol–water partition coefficient (Wildman–Crippen LogP) is 1.21. The van der Waals surface area contributed by atoms with Gasteiger partial charge in [-0.05, 0) is 19.0 Å². The van der Waals surface area contributed by atoms with Gasteiger partial charge in [0.1, 0.15) is 6.10 Å². The molecule has 2 heterocycles. The van der Waals surface area contributed by atoms with E-state index in [4.69, 9.17) is 9.47 Å². The number of nitrogens with zero attached hydrogens (tertiary/aromatic N) is 1. The molecule has 5 heteroatoms. The van der Waals surface area contributed by atoms with Crippen LogP contribution in [0.1, 0.15) is 18.1 Å². The van der Waals surface area contributed by atoms with Gasteiger partial charge in [0.2, 0.25) is 5.91 Å². The smallest absolute Gasteiger partial charge is 0.250 e. The fourth-order valence-corrected chi connectivity index (χ4v) is 3.14. The fourth-order valence-electron chi connectivity index (χ4n) is 3.14. The summed E-state index contributed by atoms with van der Waals surface area (Å²) in [5.41, 5.74) is 1.19. The Hall–Kier alpha value is -1.43. The first-order valence-electron chi connectivity index (χ1n) is 7.98. The summed E-state index contributed by atoms with van der Waals surface area (Å²) >= 11 is 0. The lowest BCUT2D eigenvalue weighted by Gasteiger charge is -2.29. The number of likely N-dealkylation sites (N-methyl/N-ethyl adjacent to an activating group) is 1. The second kappa shape index (κ2) is 7.22. The van der Waals surface area contributed by atoms with E-state index in [9.17, 15) is 4.79 Å². The van der Waals surface area contributed by atoms with Crippen molar-refractivity contribution in [1.29, 1.82) is 0 Å². The summed E-state index contributed by atoms with van der Waals surface area (Å²) in [5, 5.41) is 3.04. The normalized spacial score (nSPS) is 29.4. The Balaban J connectivity index is 1.53. The first kappa shape index (κ1) is 15.5. The lowest BCUT2D eigenvalue weighted by atomic mass is 9.95. The average molecular weight is 304 g/mol. The fraction of sp³-hybridized carbons (Fsp3) is 0.588. The van der Waals surface area contributed by atoms with E-state index in [1.165, 1.54) is 5.56 Å². The SMILES string of the molecule is CN1CCO[C@@H](C(=O)NC[C@H]2CCO[C@@H]2c2ccccc2)C1. The molecule has 5 nitrogen and oxygen atoms in total. The van der Waals surface area contributed by atoms with E-state index in [0.717, 1.165) is 19.6 Å². The van der Waals surface area contributed by atoms with E-state index in [1.807, 2.05) is 25.2 Å². The summed E-state index contributed by atoms with van der Waals surface area (Å²) in [6.45, 7) is 3.56. The van der Waals surface area contributed by atoms with Gasteiger partial charge in [-0.1, -0.05) is 30.3 Å². The second-order valence-electron chi connectivity index (χ2n) is 6.12. The van der Waals surface area contributed by atoms with Crippen molar-refractivity contribution in [3.63, 3.8) is 0 Å². The molecule has 1 aromatic rings. The maximum absolute atomic E-state index is 12.2. The van der Waals surface area contributed by atoms with E-state index in [0.29, 0.717) is 25.6 Å². The third-order valence-electron chi connectivity index (χ3n) is 4.44. The molecule has 0 aromatic heterocycles. The summed E-state index contributed by atoms with van der Waals surface area (Å²) in [7, 11) is 2.01. The number of hydrogen-bond acceptors (Lipinski definition) is 4. The van der Waals surface area contributed by atoms with Gasteiger partial charge in [-0.3, -0.25) is 4.79 Å². The van der Waals surface area contributed by atoms with Crippen LogP contribution in [0.25, 0.3) is 0 Å². The summed E-state index contributed by atoms with van der Waals surface area (Å²) in [6, 6.07) is 10.2. The van der Waals surface area contributed by atoms with E-state index >= 15 is 0 Å². The molecule has 1 aromatic carbocycles. The molecule has 120 valence electrons. The Kier molecular flexibility index (Phi) is 5.08. The molecule has 3 rings (SSSR count). The van der Waals surface area contributed by atoms with Gasteiger partial charge in [0.25, 0.3) is 0 Å². The van der Waals surface area contributed by atoms with Gasteiger partial charge in [-0.25, -0.2) is 0 Å². The molecule has 2 aliphatic heterocycles. The minimum atomic E-state index is -0.351. The lowest BCUT2D eigenvalue weighted by Crippen LogP contribution is -2.49. The van der Waals surface area contributed by atoms with Gasteiger partial charge >= 0.3 is 0 Å². The summed E-state index contributed by atoms with van der Waals surface area (Å²) in [6.07, 6.45) is 0.707. The van der Waals surface area contributed by atoms with Crippen molar-refractivity contribution in [2.24, 2.45) is 5.92 Å². The summed E-state index contributed by atoms with van der Waals surface area (Å²) in [5.74, 6) is 0.318. The number of benzene rings is 1. The largest absolute Gasteiger partial charge is 0.373 e. The van der Waals surface area contributed by atoms with Gasteiger partial charge in [-0.2, -0.15) is 0 Å². The van der Waals surface area contributed by atoms with E-state index in [-0.39, 0.29) is 18.1 Å². The molecule has 0 bridgehead atoms. The van der Waals surface area contributed by atoms with Crippen LogP contribution < -0.4 is 5.32 Å². The maximum Gasteiger partial charge on any atom is 0.250 e. The third-order valence-corrected chi connectivity index (χ3v) is 4.44. The van der Waals surface area contributed by atoms with Crippen LogP contribution in [-0.4, -0.2) is 56.8 Å². The van der Waals surface area contributed by atoms with E-state index < -0.39 is 0 Å². The molecule has 0 radical (unpaired) electrons. The molecule has 2 saturated heterocycles. The van der Waals surface area contributed by atoms with Crippen LogP contribution in [0.2, 0.25) is 0 Å². The topological polar surface area (TPSA) is 50.8 Å². The van der Waals surface area contributed by atoms with Crippen LogP contribution in [0.4, 0.5) is 0 Å². The van der Waals surface area contributed by atoms with Gasteiger partial charge < -0.3 is 19.7 Å². The van der Waals surface area contributed by atoms with Crippen molar-refractivity contribution in [3.05, 3.63) is 35.9 Å². The number of amides is 1. The number of rotatable bonds is 4. The first-order chi connectivity index (χ1) is 10.7. The van der Waals surface area contributed by atoms with Crippen LogP contribution in [0.5, 0.6) is 0 Å². The van der Waals surface area contributed by atoms with Crippen molar-refractivity contribution >= 4 is 5.91 Å². The highest BCUT2D eigenvalue weighted by Crippen LogP contribution is 2.33. The average Bonchev–Trinajstić information content (AvgIpc) is 3.02. The Labute approximate surface area is 131 Å². The zero-order valence-electron chi connectivity index (χ0n) is 13.0. The summed E-state index contributed by atoms with van der Waals surface area (Å²) in [4.78, 5) is 14.4. The molecule has 2 fully saturated rings. The quantitative estimate of drug-likeness (QED) is 0.908. The van der Waals surface area contributed by atoms with Crippen LogP contribution in [0.3, 0.4) is 0 Å². The minimum absolute atomic E-state index is 0.00902. The van der Waals surface area contributed by atoms with Crippen LogP contribution in [0, 0.1) is 5.92 Å². The Morgan fingerprint density at radius 3 is 2.86 bits per heavy atom. The molecular weight excluding hydrogens is 280 g/mol. The highest BCUT2D eigenvalue weighted by atomic mass is 16.5. The van der Waals surface area contributed by atoms with Crippen molar-refractivity contribution in [2.45, 2.75) is 18.6 Å². The Morgan fingerprint density at radius 2 is 2.09 bits per heavy atom. The number of hydrogen-bond donors (Lipinski definition) is 1. The first-order valence-corrected chi connectivity index (χ1v) is 7.98. The van der Waals surface area contributed by atoms with Crippen molar-refractivity contribution < 1.29 is 14.3 Å². The predicted molar refractivity (Wildman–Crippen MR) is 83.5 cm³/mol. The minimum Gasteiger partial charge on any atom is -0.373 e. The highest BCUT2D eigenvalue weighted by Gasteiger charge is 2.31. The molecule has 1 amide bonds. The van der Waals surface area contributed by atoms with Crippen LogP contribution in [0.15, 0.2) is 30.3 Å². The van der Waals surface area contributed by atoms with Crippen LogP contribution in [-0.2, 0) is 14.3 Å². The second-order valence-corrected chi connectivity index (χ2v) is 6.12. The third kappa shape index (κ3) is 3.66. The number of morpholine rings is 1. The number of carbonyl (C=O) groups is 1. The molecule has 0 unspecified atom stereocenters. The molecule has 0 aliphatic carbocycles. The van der Waals surface area contributed by atoms with Gasteiger partial charge in [0.15, 0.2) is 0 Å². The summed E-state index contributed by atoms with van der Waals surface area (Å²) < 4.78 is 11.4. The molecular formula is C17H24N2O3. The highest BCUT2D eigenvalue weighted by molar-refractivity contribution is 5.81.